The van der Waals surface area contributed by atoms with Gasteiger partial charge in [0.05, 0.1) is 6.10 Å². The summed E-state index contributed by atoms with van der Waals surface area (Å²) in [5.74, 6) is 1.37. The predicted molar refractivity (Wildman–Crippen MR) is 85.5 cm³/mol. The molecule has 1 N–H and O–H groups in total. The first-order chi connectivity index (χ1) is 9.95. The number of carbonyl (C=O) groups is 1. The molecule has 0 fully saturated rings. The lowest BCUT2D eigenvalue weighted by Gasteiger charge is -2.11. The number of hydrogen-bond acceptors (Lipinski definition) is 2. The van der Waals surface area contributed by atoms with Crippen LogP contribution in [0, 0.1) is 5.92 Å². The van der Waals surface area contributed by atoms with Crippen molar-refractivity contribution in [3.63, 3.8) is 0 Å². The number of ether oxygens (including phenoxy) is 1. The fourth-order valence-corrected chi connectivity index (χ4v) is 2.19. The molecule has 0 aliphatic carbocycles. The molecule has 0 saturated carbocycles. The van der Waals surface area contributed by atoms with Gasteiger partial charge in [0.1, 0.15) is 12.3 Å². The second kappa shape index (κ2) is 6.66. The van der Waals surface area contributed by atoms with E-state index in [-0.39, 0.29) is 12.0 Å². The topological polar surface area (TPSA) is 43.3 Å². The predicted octanol–water partition coefficient (Wildman–Crippen LogP) is 3.20. The minimum atomic E-state index is 0.0451. The summed E-state index contributed by atoms with van der Waals surface area (Å²) in [6.07, 6.45) is 2.10. The molecule has 0 unspecified atom stereocenters. The van der Waals surface area contributed by atoms with Gasteiger partial charge in [0.15, 0.2) is 0 Å². The van der Waals surface area contributed by atoms with Gasteiger partial charge in [-0.15, -0.1) is 0 Å². The summed E-state index contributed by atoms with van der Waals surface area (Å²) in [6.45, 7) is 9.25. The summed E-state index contributed by atoms with van der Waals surface area (Å²) < 4.78 is 7.65. The highest BCUT2D eigenvalue weighted by molar-refractivity contribution is 5.84. The van der Waals surface area contributed by atoms with Crippen LogP contribution >= 0.6 is 0 Å². The van der Waals surface area contributed by atoms with Crippen molar-refractivity contribution < 1.29 is 9.53 Å². The molecule has 2 aromatic rings. The number of benzene rings is 1. The van der Waals surface area contributed by atoms with Gasteiger partial charge >= 0.3 is 0 Å². The summed E-state index contributed by atoms with van der Waals surface area (Å²) in [5.41, 5.74) is 1.05. The first-order valence-electron chi connectivity index (χ1n) is 7.48. The largest absolute Gasteiger partial charge is 0.491 e. The molecule has 2 rings (SSSR count). The van der Waals surface area contributed by atoms with Crippen molar-refractivity contribution in [3.05, 3.63) is 30.5 Å². The smallest absolute Gasteiger partial charge is 0.239 e. The number of amides is 1. The Kier molecular flexibility index (Phi) is 4.89. The van der Waals surface area contributed by atoms with E-state index in [0.29, 0.717) is 19.0 Å². The van der Waals surface area contributed by atoms with Crippen molar-refractivity contribution in [2.75, 3.05) is 6.54 Å². The highest BCUT2D eigenvalue weighted by Crippen LogP contribution is 2.22. The van der Waals surface area contributed by atoms with Crippen LogP contribution in [0.4, 0.5) is 0 Å². The van der Waals surface area contributed by atoms with Gasteiger partial charge in [-0.25, -0.2) is 0 Å². The number of rotatable bonds is 6. The van der Waals surface area contributed by atoms with Gasteiger partial charge in [0, 0.05) is 23.6 Å². The molecule has 114 valence electrons. The Bertz CT molecular complexity index is 614. The van der Waals surface area contributed by atoms with Crippen LogP contribution in [0.2, 0.25) is 0 Å². The maximum absolute atomic E-state index is 11.9. The van der Waals surface area contributed by atoms with Crippen LogP contribution in [0.1, 0.15) is 27.7 Å². The van der Waals surface area contributed by atoms with Gasteiger partial charge in [-0.2, -0.15) is 0 Å². The van der Waals surface area contributed by atoms with Gasteiger partial charge in [-0.05, 0) is 44.0 Å². The number of hydrogen-bond donors (Lipinski definition) is 1. The van der Waals surface area contributed by atoms with E-state index in [2.05, 4.69) is 19.2 Å². The molecule has 1 aromatic heterocycles. The Morgan fingerprint density at radius 2 is 2.00 bits per heavy atom. The molecule has 1 aromatic carbocycles. The number of carbonyl (C=O) groups excluding carboxylic acids is 1. The molecule has 21 heavy (non-hydrogen) atoms. The molecule has 1 amide bonds. The summed E-state index contributed by atoms with van der Waals surface area (Å²) >= 11 is 0. The van der Waals surface area contributed by atoms with Gasteiger partial charge < -0.3 is 14.6 Å². The van der Waals surface area contributed by atoms with E-state index < -0.39 is 0 Å². The Morgan fingerprint density at radius 1 is 1.24 bits per heavy atom. The van der Waals surface area contributed by atoms with Crippen molar-refractivity contribution in [2.45, 2.75) is 40.3 Å². The normalized spacial score (nSPS) is 11.3. The Hall–Kier alpha value is -1.97. The third kappa shape index (κ3) is 4.25. The fraction of sp³-hybridized carbons (Fsp3) is 0.471. The monoisotopic (exact) mass is 288 g/mol. The Morgan fingerprint density at radius 3 is 2.67 bits per heavy atom. The van der Waals surface area contributed by atoms with Crippen LogP contribution in [0.5, 0.6) is 5.75 Å². The van der Waals surface area contributed by atoms with E-state index >= 15 is 0 Å². The number of nitrogens with one attached hydrogen (secondary N) is 1. The second-order valence-electron chi connectivity index (χ2n) is 6.03. The molecule has 0 aliphatic heterocycles. The van der Waals surface area contributed by atoms with Gasteiger partial charge in [-0.3, -0.25) is 4.79 Å². The summed E-state index contributed by atoms with van der Waals surface area (Å²) in [4.78, 5) is 11.9. The molecule has 0 saturated heterocycles. The van der Waals surface area contributed by atoms with Crippen LogP contribution in [0.25, 0.3) is 10.9 Å². The molecular formula is C17H24N2O2. The summed E-state index contributed by atoms with van der Waals surface area (Å²) in [5, 5.41) is 4.03. The van der Waals surface area contributed by atoms with Crippen LogP contribution in [-0.4, -0.2) is 23.1 Å². The van der Waals surface area contributed by atoms with Crippen molar-refractivity contribution in [3.8, 4) is 5.75 Å². The molecule has 1 heterocycles. The third-order valence-electron chi connectivity index (χ3n) is 3.14. The van der Waals surface area contributed by atoms with Crippen LogP contribution in [-0.2, 0) is 11.3 Å². The number of nitrogens with zero attached hydrogens (tertiary/aromatic N) is 1. The van der Waals surface area contributed by atoms with E-state index in [0.717, 1.165) is 16.7 Å². The minimum absolute atomic E-state index is 0.0451. The number of aromatic nitrogens is 1. The highest BCUT2D eigenvalue weighted by atomic mass is 16.5. The summed E-state index contributed by atoms with van der Waals surface area (Å²) in [6, 6.07) is 7.98. The van der Waals surface area contributed by atoms with Crippen LogP contribution in [0.3, 0.4) is 0 Å². The van der Waals surface area contributed by atoms with E-state index in [1.54, 1.807) is 0 Å². The first-order valence-corrected chi connectivity index (χ1v) is 7.48. The van der Waals surface area contributed by atoms with E-state index in [9.17, 15) is 4.79 Å². The van der Waals surface area contributed by atoms with Gasteiger partial charge in [0.25, 0.3) is 0 Å². The zero-order valence-electron chi connectivity index (χ0n) is 13.2. The molecule has 4 nitrogen and oxygen atoms in total. The SMILES string of the molecule is CC(C)CNC(=O)Cn1ccc2cc(OC(C)C)ccc21. The standard InChI is InChI=1S/C17H24N2O2/c1-12(2)10-18-17(20)11-19-8-7-14-9-15(21-13(3)4)5-6-16(14)19/h5-9,12-13H,10-11H2,1-4H3,(H,18,20). The van der Waals surface area contributed by atoms with E-state index in [4.69, 9.17) is 4.74 Å². The average molecular weight is 288 g/mol. The molecule has 0 bridgehead atoms. The third-order valence-corrected chi connectivity index (χ3v) is 3.14. The maximum atomic E-state index is 11.9. The van der Waals surface area contributed by atoms with Crippen molar-refractivity contribution in [2.24, 2.45) is 5.92 Å². The zero-order chi connectivity index (χ0) is 15.4. The van der Waals surface area contributed by atoms with Crippen LogP contribution < -0.4 is 10.1 Å². The van der Waals surface area contributed by atoms with Crippen molar-refractivity contribution >= 4 is 16.8 Å². The fourth-order valence-electron chi connectivity index (χ4n) is 2.19. The van der Waals surface area contributed by atoms with Crippen LogP contribution in [0.15, 0.2) is 30.5 Å². The molecule has 0 atom stereocenters. The van der Waals surface area contributed by atoms with E-state index in [1.165, 1.54) is 0 Å². The lowest BCUT2D eigenvalue weighted by atomic mass is 10.2. The Labute approximate surface area is 126 Å². The average Bonchev–Trinajstić information content (AvgIpc) is 2.78. The quantitative estimate of drug-likeness (QED) is 0.887. The highest BCUT2D eigenvalue weighted by Gasteiger charge is 2.08. The van der Waals surface area contributed by atoms with Gasteiger partial charge in [-0.1, -0.05) is 13.8 Å². The molecule has 0 radical (unpaired) electrons. The van der Waals surface area contributed by atoms with Crippen molar-refractivity contribution in [1.82, 2.24) is 9.88 Å². The minimum Gasteiger partial charge on any atom is -0.491 e. The molecule has 4 heteroatoms. The molecular weight excluding hydrogens is 264 g/mol. The second-order valence-corrected chi connectivity index (χ2v) is 6.03. The lowest BCUT2D eigenvalue weighted by Crippen LogP contribution is -2.30. The van der Waals surface area contributed by atoms with Gasteiger partial charge in [0.2, 0.25) is 5.91 Å². The lowest BCUT2D eigenvalue weighted by molar-refractivity contribution is -0.121. The zero-order valence-corrected chi connectivity index (χ0v) is 13.2. The summed E-state index contributed by atoms with van der Waals surface area (Å²) in [7, 11) is 0. The van der Waals surface area contributed by atoms with Crippen molar-refractivity contribution in [1.29, 1.82) is 0 Å². The molecule has 0 spiro atoms. The number of fused-ring (bicyclic) bond motifs is 1. The van der Waals surface area contributed by atoms with E-state index in [1.807, 2.05) is 48.9 Å². The molecule has 0 aliphatic rings. The maximum Gasteiger partial charge on any atom is 0.239 e. The Balaban J connectivity index is 2.09. The first kappa shape index (κ1) is 15.4.